The highest BCUT2D eigenvalue weighted by Gasteiger charge is 2.25. The predicted molar refractivity (Wildman–Crippen MR) is 129 cm³/mol. The first-order valence-corrected chi connectivity index (χ1v) is 11.5. The molecule has 0 radical (unpaired) electrons. The minimum Gasteiger partial charge on any atom is -0.459 e. The number of anilines is 1. The summed E-state index contributed by atoms with van der Waals surface area (Å²) in [6.07, 6.45) is 3.81. The molecule has 33 heavy (non-hydrogen) atoms. The van der Waals surface area contributed by atoms with Crippen molar-refractivity contribution in [2.24, 2.45) is 5.92 Å². The van der Waals surface area contributed by atoms with Gasteiger partial charge >= 0.3 is 0 Å². The Bertz CT molecular complexity index is 1070. The number of furan rings is 1. The number of amides is 2. The highest BCUT2D eigenvalue weighted by atomic mass is 16.3. The smallest absolute Gasteiger partial charge is 0.291 e. The average Bonchev–Trinajstić information content (AvgIpc) is 3.37. The summed E-state index contributed by atoms with van der Waals surface area (Å²) in [6, 6.07) is 19.1. The van der Waals surface area contributed by atoms with Crippen molar-refractivity contribution in [1.82, 2.24) is 10.2 Å². The molecule has 2 amide bonds. The van der Waals surface area contributed by atoms with Gasteiger partial charge in [-0.15, -0.1) is 0 Å². The molecular weight excluding hydrogens is 414 g/mol. The number of benzene rings is 2. The van der Waals surface area contributed by atoms with E-state index in [0.29, 0.717) is 17.8 Å². The number of nitrogens with zero attached hydrogens (tertiary/aromatic N) is 1. The number of hydrogen-bond donors (Lipinski definition) is 2. The fraction of sp³-hybridized carbons (Fsp3) is 0.333. The lowest BCUT2D eigenvalue weighted by atomic mass is 9.95. The maximum atomic E-state index is 13.0. The standard InChI is InChI=1S/C27H31N3O3/c1-19-12-14-30(15-13-19)24(21-7-4-3-5-8-21)18-28-26(31)22-11-10-20(2)23(17-22)29-27(32)25-9-6-16-33-25/h3-11,16-17,19,24H,12-15,18H2,1-2H3,(H,28,31)(H,29,32). The predicted octanol–water partition coefficient (Wildman–Crippen LogP) is 5.04. The Hall–Kier alpha value is -3.38. The second-order valence-corrected chi connectivity index (χ2v) is 8.82. The highest BCUT2D eigenvalue weighted by molar-refractivity contribution is 6.03. The van der Waals surface area contributed by atoms with Crippen LogP contribution in [0.5, 0.6) is 0 Å². The van der Waals surface area contributed by atoms with Crippen molar-refractivity contribution < 1.29 is 14.0 Å². The van der Waals surface area contributed by atoms with Gasteiger partial charge in [-0.3, -0.25) is 14.5 Å². The van der Waals surface area contributed by atoms with E-state index in [1.807, 2.05) is 31.2 Å². The fourth-order valence-electron chi connectivity index (χ4n) is 4.25. The van der Waals surface area contributed by atoms with Crippen LogP contribution in [-0.2, 0) is 0 Å². The number of aryl methyl sites for hydroxylation is 1. The molecule has 1 fully saturated rings. The minimum atomic E-state index is -0.343. The van der Waals surface area contributed by atoms with Crippen molar-refractivity contribution in [3.63, 3.8) is 0 Å². The molecule has 1 aliphatic rings. The summed E-state index contributed by atoms with van der Waals surface area (Å²) in [6.45, 7) is 6.78. The summed E-state index contributed by atoms with van der Waals surface area (Å²) in [4.78, 5) is 27.9. The van der Waals surface area contributed by atoms with E-state index in [1.165, 1.54) is 24.7 Å². The second-order valence-electron chi connectivity index (χ2n) is 8.82. The molecule has 1 atom stereocenters. The molecule has 0 bridgehead atoms. The van der Waals surface area contributed by atoms with Gasteiger partial charge in [0.15, 0.2) is 5.76 Å². The van der Waals surface area contributed by atoms with Gasteiger partial charge in [-0.2, -0.15) is 0 Å². The highest BCUT2D eigenvalue weighted by Crippen LogP contribution is 2.26. The van der Waals surface area contributed by atoms with E-state index >= 15 is 0 Å². The lowest BCUT2D eigenvalue weighted by Crippen LogP contribution is -2.42. The maximum absolute atomic E-state index is 13.0. The van der Waals surface area contributed by atoms with Gasteiger partial charge in [0.1, 0.15) is 0 Å². The van der Waals surface area contributed by atoms with Crippen molar-refractivity contribution >= 4 is 17.5 Å². The lowest BCUT2D eigenvalue weighted by molar-refractivity contribution is 0.0912. The molecular formula is C27H31N3O3. The van der Waals surface area contributed by atoms with E-state index in [1.54, 1.807) is 24.3 Å². The number of likely N-dealkylation sites (tertiary alicyclic amines) is 1. The molecule has 172 valence electrons. The molecule has 1 aliphatic heterocycles. The summed E-state index contributed by atoms with van der Waals surface area (Å²) in [7, 11) is 0. The maximum Gasteiger partial charge on any atom is 0.291 e. The monoisotopic (exact) mass is 445 g/mol. The number of rotatable bonds is 7. The SMILES string of the molecule is Cc1ccc(C(=O)NCC(c2ccccc2)N2CCC(C)CC2)cc1NC(=O)c1ccco1. The van der Waals surface area contributed by atoms with Crippen LogP contribution >= 0.6 is 0 Å². The fourth-order valence-corrected chi connectivity index (χ4v) is 4.25. The summed E-state index contributed by atoms with van der Waals surface area (Å²) < 4.78 is 5.16. The summed E-state index contributed by atoms with van der Waals surface area (Å²) in [5, 5.41) is 5.96. The quantitative estimate of drug-likeness (QED) is 0.534. The van der Waals surface area contributed by atoms with E-state index < -0.39 is 0 Å². The van der Waals surface area contributed by atoms with Crippen molar-refractivity contribution in [3.05, 3.63) is 89.4 Å². The van der Waals surface area contributed by atoms with Crippen LogP contribution in [-0.4, -0.2) is 36.3 Å². The van der Waals surface area contributed by atoms with E-state index in [-0.39, 0.29) is 23.6 Å². The van der Waals surface area contributed by atoms with Gasteiger partial charge in [0.25, 0.3) is 11.8 Å². The van der Waals surface area contributed by atoms with Gasteiger partial charge in [-0.1, -0.05) is 43.3 Å². The Morgan fingerprint density at radius 1 is 1.03 bits per heavy atom. The van der Waals surface area contributed by atoms with Crippen LogP contribution in [0.25, 0.3) is 0 Å². The third kappa shape index (κ3) is 5.71. The number of piperidine rings is 1. The number of carbonyl (C=O) groups is 2. The molecule has 1 unspecified atom stereocenters. The van der Waals surface area contributed by atoms with E-state index in [2.05, 4.69) is 34.6 Å². The molecule has 1 aromatic heterocycles. The van der Waals surface area contributed by atoms with Crippen LogP contribution in [0.2, 0.25) is 0 Å². The zero-order valence-corrected chi connectivity index (χ0v) is 19.2. The van der Waals surface area contributed by atoms with Gasteiger partial charge in [0.2, 0.25) is 0 Å². The Labute approximate surface area is 195 Å². The van der Waals surface area contributed by atoms with E-state index in [0.717, 1.165) is 24.6 Å². The molecule has 0 spiro atoms. The van der Waals surface area contributed by atoms with Crippen molar-refractivity contribution in [3.8, 4) is 0 Å². The Balaban J connectivity index is 1.45. The number of hydrogen-bond acceptors (Lipinski definition) is 4. The first-order valence-electron chi connectivity index (χ1n) is 11.5. The molecule has 2 aromatic carbocycles. The third-order valence-corrected chi connectivity index (χ3v) is 6.39. The first kappa shape index (κ1) is 22.8. The zero-order valence-electron chi connectivity index (χ0n) is 19.2. The second kappa shape index (κ2) is 10.5. The Morgan fingerprint density at radius 2 is 1.79 bits per heavy atom. The van der Waals surface area contributed by atoms with Gasteiger partial charge in [-0.25, -0.2) is 0 Å². The van der Waals surface area contributed by atoms with E-state index in [4.69, 9.17) is 4.42 Å². The molecule has 3 aromatic rings. The van der Waals surface area contributed by atoms with Gasteiger partial charge in [0.05, 0.1) is 12.3 Å². The van der Waals surface area contributed by atoms with Crippen LogP contribution in [0, 0.1) is 12.8 Å². The molecule has 2 N–H and O–H groups in total. The number of nitrogens with one attached hydrogen (secondary N) is 2. The summed E-state index contributed by atoms with van der Waals surface area (Å²) in [5.74, 6) is 0.472. The molecule has 1 saturated heterocycles. The van der Waals surface area contributed by atoms with Crippen molar-refractivity contribution in [2.45, 2.75) is 32.7 Å². The van der Waals surface area contributed by atoms with E-state index in [9.17, 15) is 9.59 Å². The topological polar surface area (TPSA) is 74.6 Å². The summed E-state index contributed by atoms with van der Waals surface area (Å²) in [5.41, 5.74) is 3.18. The van der Waals surface area contributed by atoms with Gasteiger partial charge in [-0.05, 0) is 74.2 Å². The van der Waals surface area contributed by atoms with Crippen molar-refractivity contribution in [2.75, 3.05) is 25.0 Å². The van der Waals surface area contributed by atoms with Crippen LogP contribution in [0.15, 0.2) is 71.3 Å². The average molecular weight is 446 g/mol. The lowest BCUT2D eigenvalue weighted by Gasteiger charge is -2.37. The minimum absolute atomic E-state index is 0.131. The third-order valence-electron chi connectivity index (χ3n) is 6.39. The van der Waals surface area contributed by atoms with Crippen molar-refractivity contribution in [1.29, 1.82) is 0 Å². The van der Waals surface area contributed by atoms with Crippen LogP contribution in [0.1, 0.15) is 57.8 Å². The normalized spacial score (nSPS) is 15.7. The molecule has 0 aliphatic carbocycles. The molecule has 6 heteroatoms. The van der Waals surface area contributed by atoms with Crippen LogP contribution in [0.3, 0.4) is 0 Å². The Morgan fingerprint density at radius 3 is 2.48 bits per heavy atom. The molecule has 0 saturated carbocycles. The van der Waals surface area contributed by atoms with Gasteiger partial charge in [0, 0.05) is 17.8 Å². The van der Waals surface area contributed by atoms with Gasteiger partial charge < -0.3 is 15.1 Å². The molecule has 6 nitrogen and oxygen atoms in total. The van der Waals surface area contributed by atoms with Crippen LogP contribution < -0.4 is 10.6 Å². The largest absolute Gasteiger partial charge is 0.459 e. The molecule has 4 rings (SSSR count). The number of carbonyl (C=O) groups excluding carboxylic acids is 2. The Kier molecular flexibility index (Phi) is 7.25. The first-order chi connectivity index (χ1) is 16.0. The molecule has 2 heterocycles. The zero-order chi connectivity index (χ0) is 23.2. The summed E-state index contributed by atoms with van der Waals surface area (Å²) >= 11 is 0. The van der Waals surface area contributed by atoms with Crippen LogP contribution in [0.4, 0.5) is 5.69 Å².